The zero-order valence-corrected chi connectivity index (χ0v) is 16.9. The highest BCUT2D eigenvalue weighted by atomic mass is 16.5. The number of ether oxygens (including phenoxy) is 1. The van der Waals surface area contributed by atoms with E-state index >= 15 is 0 Å². The number of aryl methyl sites for hydroxylation is 2. The zero-order valence-electron chi connectivity index (χ0n) is 16.9. The lowest BCUT2D eigenvalue weighted by molar-refractivity contribution is 0.137. The van der Waals surface area contributed by atoms with Gasteiger partial charge in [-0.3, -0.25) is 9.89 Å². The summed E-state index contributed by atoms with van der Waals surface area (Å²) in [6, 6.07) is 4.60. The number of benzene rings is 1. The molecule has 1 aromatic carbocycles. The van der Waals surface area contributed by atoms with Gasteiger partial charge in [0.15, 0.2) is 0 Å². The third-order valence-electron chi connectivity index (χ3n) is 5.56. The summed E-state index contributed by atoms with van der Waals surface area (Å²) in [6.07, 6.45) is 10.4. The third kappa shape index (κ3) is 4.40. The van der Waals surface area contributed by atoms with Crippen molar-refractivity contribution in [3.05, 3.63) is 23.3 Å². The Hall–Kier alpha value is -1.55. The number of nitrogens with zero attached hydrogens (tertiary/aromatic N) is 3. The predicted molar refractivity (Wildman–Crippen MR) is 111 cm³/mol. The van der Waals surface area contributed by atoms with E-state index in [-0.39, 0.29) is 0 Å². The number of aliphatic imine (C=N–C) groups is 1. The monoisotopic (exact) mass is 357 g/mol. The molecule has 2 aliphatic heterocycles. The molecule has 0 spiro atoms. The third-order valence-corrected chi connectivity index (χ3v) is 5.56. The van der Waals surface area contributed by atoms with E-state index in [1.54, 1.807) is 0 Å². The Kier molecular flexibility index (Phi) is 6.95. The van der Waals surface area contributed by atoms with Gasteiger partial charge in [0, 0.05) is 19.7 Å². The van der Waals surface area contributed by atoms with Crippen LogP contribution in [0.15, 0.2) is 17.1 Å². The Morgan fingerprint density at radius 2 is 1.65 bits per heavy atom. The average molecular weight is 358 g/mol. The lowest BCUT2D eigenvalue weighted by Gasteiger charge is -2.26. The summed E-state index contributed by atoms with van der Waals surface area (Å²) in [7, 11) is 0. The second kappa shape index (κ2) is 9.40. The van der Waals surface area contributed by atoms with E-state index in [1.807, 2.05) is 0 Å². The minimum Gasteiger partial charge on any atom is -0.361 e. The van der Waals surface area contributed by atoms with Crippen LogP contribution in [0, 0.1) is 13.8 Å². The SMILES string of the molecule is CCCCCCCCCOCN1C2=NCCCN2c2cc(C)c(C)cc21. The number of hydrogen-bond donors (Lipinski definition) is 0. The van der Waals surface area contributed by atoms with Gasteiger partial charge in [-0.15, -0.1) is 0 Å². The summed E-state index contributed by atoms with van der Waals surface area (Å²) in [4.78, 5) is 9.42. The first-order valence-corrected chi connectivity index (χ1v) is 10.5. The van der Waals surface area contributed by atoms with E-state index in [1.165, 1.54) is 61.0 Å². The molecule has 26 heavy (non-hydrogen) atoms. The minimum atomic E-state index is 0.612. The molecule has 144 valence electrons. The molecule has 0 unspecified atom stereocenters. The average Bonchev–Trinajstić information content (AvgIpc) is 2.94. The molecule has 0 radical (unpaired) electrons. The Morgan fingerprint density at radius 3 is 2.42 bits per heavy atom. The van der Waals surface area contributed by atoms with E-state index in [0.29, 0.717) is 6.73 Å². The first kappa shape index (κ1) is 19.2. The Bertz CT molecular complexity index is 626. The Balaban J connectivity index is 1.51. The maximum Gasteiger partial charge on any atom is 0.207 e. The van der Waals surface area contributed by atoms with E-state index in [4.69, 9.17) is 9.73 Å². The van der Waals surface area contributed by atoms with Crippen LogP contribution in [-0.4, -0.2) is 32.4 Å². The van der Waals surface area contributed by atoms with Crippen molar-refractivity contribution in [1.29, 1.82) is 0 Å². The van der Waals surface area contributed by atoms with E-state index in [2.05, 4.69) is 42.7 Å². The van der Waals surface area contributed by atoms with Crippen molar-refractivity contribution in [2.24, 2.45) is 4.99 Å². The van der Waals surface area contributed by atoms with Crippen LogP contribution < -0.4 is 9.80 Å². The van der Waals surface area contributed by atoms with Gasteiger partial charge in [0.05, 0.1) is 11.4 Å². The summed E-state index contributed by atoms with van der Waals surface area (Å²) >= 11 is 0. The summed E-state index contributed by atoms with van der Waals surface area (Å²) in [6.45, 7) is 10.1. The predicted octanol–water partition coefficient (Wildman–Crippen LogP) is 5.41. The number of anilines is 2. The summed E-state index contributed by atoms with van der Waals surface area (Å²) < 4.78 is 6.04. The Morgan fingerprint density at radius 1 is 0.962 bits per heavy atom. The highest BCUT2D eigenvalue weighted by molar-refractivity contribution is 6.16. The van der Waals surface area contributed by atoms with Crippen molar-refractivity contribution in [3.8, 4) is 0 Å². The first-order valence-electron chi connectivity index (χ1n) is 10.5. The molecule has 0 bridgehead atoms. The molecule has 0 saturated carbocycles. The number of unbranched alkanes of at least 4 members (excludes halogenated alkanes) is 6. The molecular weight excluding hydrogens is 322 g/mol. The molecule has 2 aliphatic rings. The van der Waals surface area contributed by atoms with Gasteiger partial charge < -0.3 is 9.64 Å². The lowest BCUT2D eigenvalue weighted by Crippen LogP contribution is -2.42. The highest BCUT2D eigenvalue weighted by Gasteiger charge is 2.34. The molecule has 1 aromatic rings. The van der Waals surface area contributed by atoms with E-state index < -0.39 is 0 Å². The fourth-order valence-corrected chi connectivity index (χ4v) is 3.82. The van der Waals surface area contributed by atoms with Crippen molar-refractivity contribution in [2.75, 3.05) is 36.2 Å². The van der Waals surface area contributed by atoms with Crippen LogP contribution in [0.25, 0.3) is 0 Å². The molecule has 0 fully saturated rings. The molecule has 4 nitrogen and oxygen atoms in total. The molecule has 4 heteroatoms. The standard InChI is InChI=1S/C22H35N3O/c1-4-5-6-7-8-9-10-14-26-17-25-21-16-19(3)18(2)15-20(21)24-13-11-12-23-22(24)25/h15-16H,4-14,17H2,1-3H3. The van der Waals surface area contributed by atoms with Crippen molar-refractivity contribution < 1.29 is 4.74 Å². The quantitative estimate of drug-likeness (QED) is 0.524. The first-order chi connectivity index (χ1) is 12.7. The van der Waals surface area contributed by atoms with Crippen molar-refractivity contribution in [3.63, 3.8) is 0 Å². The Labute approximate surface area is 159 Å². The highest BCUT2D eigenvalue weighted by Crippen LogP contribution is 2.40. The molecule has 0 saturated heterocycles. The van der Waals surface area contributed by atoms with Gasteiger partial charge in [0.2, 0.25) is 5.96 Å². The summed E-state index contributed by atoms with van der Waals surface area (Å²) in [5, 5.41) is 0. The molecule has 0 atom stereocenters. The molecule has 0 amide bonds. The zero-order chi connectivity index (χ0) is 18.4. The van der Waals surface area contributed by atoms with Crippen molar-refractivity contribution in [2.45, 2.75) is 72.1 Å². The molecular formula is C22H35N3O. The summed E-state index contributed by atoms with van der Waals surface area (Å²) in [5.41, 5.74) is 5.24. The summed E-state index contributed by atoms with van der Waals surface area (Å²) in [5.74, 6) is 1.08. The van der Waals surface area contributed by atoms with Crippen LogP contribution in [0.3, 0.4) is 0 Å². The van der Waals surface area contributed by atoms with Gasteiger partial charge in [-0.1, -0.05) is 45.4 Å². The number of fused-ring (bicyclic) bond motifs is 3. The molecule has 0 N–H and O–H groups in total. The minimum absolute atomic E-state index is 0.612. The van der Waals surface area contributed by atoms with Crippen LogP contribution >= 0.6 is 0 Å². The molecule has 2 heterocycles. The maximum atomic E-state index is 6.04. The fourth-order valence-electron chi connectivity index (χ4n) is 3.82. The van der Waals surface area contributed by atoms with Gasteiger partial charge in [-0.2, -0.15) is 0 Å². The van der Waals surface area contributed by atoms with Crippen LogP contribution in [0.2, 0.25) is 0 Å². The van der Waals surface area contributed by atoms with E-state index in [9.17, 15) is 0 Å². The maximum absolute atomic E-state index is 6.04. The van der Waals surface area contributed by atoms with Gasteiger partial charge >= 0.3 is 0 Å². The van der Waals surface area contributed by atoms with Crippen LogP contribution in [0.1, 0.15) is 69.4 Å². The van der Waals surface area contributed by atoms with Crippen molar-refractivity contribution in [1.82, 2.24) is 0 Å². The van der Waals surface area contributed by atoms with Gasteiger partial charge in [-0.25, -0.2) is 0 Å². The van der Waals surface area contributed by atoms with Crippen molar-refractivity contribution >= 4 is 17.3 Å². The number of hydrogen-bond acceptors (Lipinski definition) is 4. The fraction of sp³-hybridized carbons (Fsp3) is 0.682. The lowest BCUT2D eigenvalue weighted by atomic mass is 10.1. The normalized spacial score (nSPS) is 15.9. The second-order valence-corrected chi connectivity index (χ2v) is 7.70. The molecule has 0 aromatic heterocycles. The van der Waals surface area contributed by atoms with Gasteiger partial charge in [0.25, 0.3) is 0 Å². The number of guanidine groups is 1. The second-order valence-electron chi connectivity index (χ2n) is 7.70. The largest absolute Gasteiger partial charge is 0.361 e. The van der Waals surface area contributed by atoms with Crippen LogP contribution in [0.5, 0.6) is 0 Å². The smallest absolute Gasteiger partial charge is 0.207 e. The van der Waals surface area contributed by atoms with Gasteiger partial charge in [-0.05, 0) is 49.9 Å². The molecule has 0 aliphatic carbocycles. The van der Waals surface area contributed by atoms with E-state index in [0.717, 1.165) is 38.5 Å². The van der Waals surface area contributed by atoms with Gasteiger partial charge in [0.1, 0.15) is 6.73 Å². The number of rotatable bonds is 10. The van der Waals surface area contributed by atoms with Crippen LogP contribution in [-0.2, 0) is 4.74 Å². The topological polar surface area (TPSA) is 28.1 Å². The van der Waals surface area contributed by atoms with Crippen LogP contribution in [0.4, 0.5) is 11.4 Å². The molecule has 3 rings (SSSR count).